The van der Waals surface area contributed by atoms with E-state index in [4.69, 9.17) is 5.73 Å². The monoisotopic (exact) mass is 403 g/mol. The molecule has 0 radical (unpaired) electrons. The molecule has 0 fully saturated rings. The van der Waals surface area contributed by atoms with Crippen LogP contribution in [-0.4, -0.2) is 29.8 Å². The lowest BCUT2D eigenvalue weighted by atomic mass is 9.94. The largest absolute Gasteiger partial charge is 0.333 e. The minimum Gasteiger partial charge on any atom is -0.333 e. The van der Waals surface area contributed by atoms with Crippen LogP contribution in [0.4, 0.5) is 5.69 Å². The maximum Gasteiger partial charge on any atom is 0.244 e. The lowest BCUT2D eigenvalue weighted by Gasteiger charge is -2.28. The number of carbonyl (C=O) groups excluding carboxylic acids is 2. The van der Waals surface area contributed by atoms with Gasteiger partial charge in [0.25, 0.3) is 0 Å². The molecule has 2 aromatic carbocycles. The van der Waals surface area contributed by atoms with Crippen LogP contribution in [0.1, 0.15) is 37.4 Å². The Balaban J connectivity index is 0.00000392. The number of rotatable bonds is 8. The molecule has 2 atom stereocenters. The van der Waals surface area contributed by atoms with Crippen molar-refractivity contribution in [1.82, 2.24) is 4.90 Å². The molecule has 0 aromatic heterocycles. The van der Waals surface area contributed by atoms with Crippen LogP contribution in [0.25, 0.3) is 0 Å². The highest BCUT2D eigenvalue weighted by atomic mass is 35.5. The van der Waals surface area contributed by atoms with Crippen LogP contribution in [-0.2, 0) is 9.59 Å². The molecule has 5 nitrogen and oxygen atoms in total. The first kappa shape index (κ1) is 23.7. The summed E-state index contributed by atoms with van der Waals surface area (Å²) in [4.78, 5) is 27.0. The van der Waals surface area contributed by atoms with Crippen molar-refractivity contribution in [3.63, 3.8) is 0 Å². The molecule has 3 N–H and O–H groups in total. The van der Waals surface area contributed by atoms with Crippen molar-refractivity contribution >= 4 is 29.9 Å². The average Bonchev–Trinajstić information content (AvgIpc) is 2.68. The molecule has 28 heavy (non-hydrogen) atoms. The van der Waals surface area contributed by atoms with Gasteiger partial charge in [-0.15, -0.1) is 12.4 Å². The summed E-state index contributed by atoms with van der Waals surface area (Å²) in [6, 6.07) is 16.8. The smallest absolute Gasteiger partial charge is 0.244 e. The fourth-order valence-corrected chi connectivity index (χ4v) is 3.02. The summed E-state index contributed by atoms with van der Waals surface area (Å²) >= 11 is 0. The number of nitrogens with zero attached hydrogens (tertiary/aromatic N) is 1. The summed E-state index contributed by atoms with van der Waals surface area (Å²) in [5.74, 6) is -0.718. The molecule has 0 saturated heterocycles. The fraction of sp³-hybridized carbons (Fsp3) is 0.364. The Hall–Kier alpha value is -2.37. The molecule has 2 rings (SSSR count). The number of amides is 2. The van der Waals surface area contributed by atoms with Gasteiger partial charge in [-0.3, -0.25) is 9.59 Å². The number of hydrogen-bond donors (Lipinski definition) is 2. The third-order valence-corrected chi connectivity index (χ3v) is 4.67. The van der Waals surface area contributed by atoms with Gasteiger partial charge < -0.3 is 16.0 Å². The normalized spacial score (nSPS) is 12.4. The minimum absolute atomic E-state index is 0. The van der Waals surface area contributed by atoms with E-state index in [0.29, 0.717) is 6.54 Å². The van der Waals surface area contributed by atoms with Crippen LogP contribution in [0.5, 0.6) is 0 Å². The zero-order valence-electron chi connectivity index (χ0n) is 16.7. The van der Waals surface area contributed by atoms with E-state index in [-0.39, 0.29) is 30.8 Å². The van der Waals surface area contributed by atoms with E-state index in [9.17, 15) is 9.59 Å². The minimum atomic E-state index is -0.412. The molecule has 2 amide bonds. The van der Waals surface area contributed by atoms with Gasteiger partial charge in [0.15, 0.2) is 0 Å². The highest BCUT2D eigenvalue weighted by Gasteiger charge is 2.27. The zero-order valence-corrected chi connectivity index (χ0v) is 17.5. The van der Waals surface area contributed by atoms with Crippen LogP contribution >= 0.6 is 12.4 Å². The first-order valence-electron chi connectivity index (χ1n) is 9.38. The topological polar surface area (TPSA) is 75.4 Å². The molecule has 0 aliphatic rings. The number of hydrogen-bond acceptors (Lipinski definition) is 3. The van der Waals surface area contributed by atoms with Crippen LogP contribution < -0.4 is 11.1 Å². The van der Waals surface area contributed by atoms with Crippen molar-refractivity contribution in [2.75, 3.05) is 18.4 Å². The molecular formula is C22H30ClN3O2. The number of para-hydroxylation sites is 1. The lowest BCUT2D eigenvalue weighted by Crippen LogP contribution is -2.43. The van der Waals surface area contributed by atoms with Gasteiger partial charge in [-0.2, -0.15) is 0 Å². The van der Waals surface area contributed by atoms with Gasteiger partial charge in [-0.05, 0) is 30.5 Å². The first-order chi connectivity index (χ1) is 12.9. The molecule has 152 valence electrons. The quantitative estimate of drug-likeness (QED) is 0.701. The van der Waals surface area contributed by atoms with Crippen molar-refractivity contribution in [1.29, 1.82) is 0 Å². The maximum absolute atomic E-state index is 13.0. The number of nitrogens with one attached hydrogen (secondary N) is 1. The van der Waals surface area contributed by atoms with E-state index in [1.807, 2.05) is 75.4 Å². The van der Waals surface area contributed by atoms with E-state index in [1.165, 1.54) is 0 Å². The van der Waals surface area contributed by atoms with Crippen LogP contribution in [0.15, 0.2) is 54.6 Å². The van der Waals surface area contributed by atoms with Gasteiger partial charge in [0.1, 0.15) is 0 Å². The Bertz CT molecular complexity index is 767. The third kappa shape index (κ3) is 6.36. The van der Waals surface area contributed by atoms with Gasteiger partial charge >= 0.3 is 0 Å². The molecule has 0 aliphatic heterocycles. The highest BCUT2D eigenvalue weighted by Crippen LogP contribution is 2.21. The Kier molecular flexibility index (Phi) is 9.69. The predicted molar refractivity (Wildman–Crippen MR) is 116 cm³/mol. The molecular weight excluding hydrogens is 374 g/mol. The Morgan fingerprint density at radius 1 is 1.07 bits per heavy atom. The van der Waals surface area contributed by atoms with Gasteiger partial charge in [0, 0.05) is 18.3 Å². The second-order valence-corrected chi connectivity index (χ2v) is 6.85. The molecule has 0 aliphatic carbocycles. The highest BCUT2D eigenvalue weighted by molar-refractivity contribution is 5.95. The van der Waals surface area contributed by atoms with E-state index in [2.05, 4.69) is 5.32 Å². The van der Waals surface area contributed by atoms with Crippen LogP contribution in [0, 0.1) is 12.8 Å². The summed E-state index contributed by atoms with van der Waals surface area (Å²) in [6.07, 6.45) is 0.774. The summed E-state index contributed by atoms with van der Waals surface area (Å²) < 4.78 is 0. The predicted octanol–water partition coefficient (Wildman–Crippen LogP) is 3.93. The molecule has 0 saturated carbocycles. The number of anilines is 1. The van der Waals surface area contributed by atoms with Crippen molar-refractivity contribution in [3.8, 4) is 0 Å². The summed E-state index contributed by atoms with van der Waals surface area (Å²) in [7, 11) is 0. The van der Waals surface area contributed by atoms with Gasteiger partial charge in [0.05, 0.1) is 12.5 Å². The average molecular weight is 404 g/mol. The summed E-state index contributed by atoms with van der Waals surface area (Å²) in [5, 5.41) is 2.89. The van der Waals surface area contributed by atoms with E-state index < -0.39 is 12.0 Å². The SMILES string of the molecule is CCCN(CC(=O)Nc1ccccc1C)C(=O)C(C)C(N)c1ccccc1.Cl. The molecule has 0 heterocycles. The van der Waals surface area contributed by atoms with Crippen molar-refractivity contribution in [3.05, 3.63) is 65.7 Å². The Morgan fingerprint density at radius 3 is 2.29 bits per heavy atom. The van der Waals surface area contributed by atoms with Gasteiger partial charge in [0.2, 0.25) is 11.8 Å². The third-order valence-electron chi connectivity index (χ3n) is 4.67. The molecule has 0 bridgehead atoms. The van der Waals surface area contributed by atoms with Crippen LogP contribution in [0.3, 0.4) is 0 Å². The first-order valence-corrected chi connectivity index (χ1v) is 9.38. The molecule has 0 spiro atoms. The van der Waals surface area contributed by atoms with Crippen LogP contribution in [0.2, 0.25) is 0 Å². The summed E-state index contributed by atoms with van der Waals surface area (Å²) in [5.41, 5.74) is 8.96. The Morgan fingerprint density at radius 2 is 1.68 bits per heavy atom. The number of aryl methyl sites for hydroxylation is 1. The number of benzene rings is 2. The fourth-order valence-electron chi connectivity index (χ4n) is 3.02. The van der Waals surface area contributed by atoms with Crippen molar-refractivity contribution in [2.24, 2.45) is 11.7 Å². The zero-order chi connectivity index (χ0) is 19.8. The molecule has 2 unspecified atom stereocenters. The molecule has 6 heteroatoms. The Labute approximate surface area is 173 Å². The number of halogens is 1. The molecule has 2 aromatic rings. The summed E-state index contributed by atoms with van der Waals surface area (Å²) in [6.45, 7) is 6.29. The maximum atomic E-state index is 13.0. The van der Waals surface area contributed by atoms with E-state index in [1.54, 1.807) is 4.90 Å². The van der Waals surface area contributed by atoms with Gasteiger partial charge in [-0.25, -0.2) is 0 Å². The van der Waals surface area contributed by atoms with Gasteiger partial charge in [-0.1, -0.05) is 62.4 Å². The lowest BCUT2D eigenvalue weighted by molar-refractivity contribution is -0.138. The van der Waals surface area contributed by atoms with E-state index in [0.717, 1.165) is 23.2 Å². The number of nitrogens with two attached hydrogens (primary N) is 1. The van der Waals surface area contributed by atoms with Crippen molar-refractivity contribution in [2.45, 2.75) is 33.2 Å². The second-order valence-electron chi connectivity index (χ2n) is 6.85. The van der Waals surface area contributed by atoms with E-state index >= 15 is 0 Å². The number of carbonyl (C=O) groups is 2. The standard InChI is InChI=1S/C22H29N3O2.ClH/c1-4-14-25(15-20(26)24-19-13-9-8-10-16(19)2)22(27)17(3)21(23)18-11-6-5-7-12-18;/h5-13,17,21H,4,14-15,23H2,1-3H3,(H,24,26);1H. The van der Waals surface area contributed by atoms with Crippen molar-refractivity contribution < 1.29 is 9.59 Å². The second kappa shape index (κ2) is 11.5.